The van der Waals surface area contributed by atoms with Crippen LogP contribution in [0.15, 0.2) is 53.4 Å². The van der Waals surface area contributed by atoms with Crippen LogP contribution in [0.1, 0.15) is 25.0 Å². The van der Waals surface area contributed by atoms with Crippen LogP contribution in [0.25, 0.3) is 0 Å². The molecule has 2 aromatic carbocycles. The van der Waals surface area contributed by atoms with Crippen LogP contribution in [0.4, 0.5) is 0 Å². The molecule has 0 aliphatic carbocycles. The molecule has 27 heavy (non-hydrogen) atoms. The summed E-state index contributed by atoms with van der Waals surface area (Å²) in [6, 6.07) is 15.2. The number of hydrogen-bond acceptors (Lipinski definition) is 4. The van der Waals surface area contributed by atoms with E-state index < -0.39 is 10.0 Å². The van der Waals surface area contributed by atoms with Gasteiger partial charge in [0, 0.05) is 32.7 Å². The van der Waals surface area contributed by atoms with Crippen LogP contribution in [-0.2, 0) is 16.6 Å². The van der Waals surface area contributed by atoms with E-state index in [-0.39, 0.29) is 6.10 Å². The highest BCUT2D eigenvalue weighted by Gasteiger charge is 2.28. The van der Waals surface area contributed by atoms with E-state index in [4.69, 9.17) is 4.74 Å². The second-order valence-electron chi connectivity index (χ2n) is 7.31. The molecule has 2 aromatic rings. The van der Waals surface area contributed by atoms with Gasteiger partial charge in [0.25, 0.3) is 0 Å². The van der Waals surface area contributed by atoms with Crippen molar-refractivity contribution in [2.45, 2.75) is 38.3 Å². The Labute approximate surface area is 162 Å². The van der Waals surface area contributed by atoms with E-state index in [2.05, 4.69) is 36.1 Å². The van der Waals surface area contributed by atoms with E-state index in [1.807, 2.05) is 13.8 Å². The van der Waals surface area contributed by atoms with Crippen LogP contribution >= 0.6 is 0 Å². The molecule has 0 spiro atoms. The summed E-state index contributed by atoms with van der Waals surface area (Å²) in [6.07, 6.45) is 0.0638. The maximum Gasteiger partial charge on any atom is 0.243 e. The predicted octanol–water partition coefficient (Wildman–Crippen LogP) is 3.29. The molecule has 1 saturated heterocycles. The standard InChI is InChI=1S/C21H28N2O3S/c1-17(2)26-20-7-9-21(10-8-20)27(24,25)23-13-11-22(12-14-23)16-19-6-4-5-18(3)15-19/h4-10,15,17H,11-14,16H2,1-3H3. The van der Waals surface area contributed by atoms with Crippen molar-refractivity contribution in [1.29, 1.82) is 0 Å². The number of benzene rings is 2. The molecule has 1 aliphatic rings. The Morgan fingerprint density at radius 2 is 1.67 bits per heavy atom. The fourth-order valence-corrected chi connectivity index (χ4v) is 4.73. The number of piperazine rings is 1. The lowest BCUT2D eigenvalue weighted by molar-refractivity contribution is 0.181. The summed E-state index contributed by atoms with van der Waals surface area (Å²) < 4.78 is 33.0. The third-order valence-corrected chi connectivity index (χ3v) is 6.57. The van der Waals surface area contributed by atoms with Gasteiger partial charge in [-0.15, -0.1) is 0 Å². The Bertz CT molecular complexity index is 855. The van der Waals surface area contributed by atoms with Crippen LogP contribution < -0.4 is 4.74 Å². The van der Waals surface area contributed by atoms with Crippen molar-refractivity contribution in [2.75, 3.05) is 26.2 Å². The lowest BCUT2D eigenvalue weighted by Gasteiger charge is -2.34. The average Bonchev–Trinajstić information content (AvgIpc) is 2.62. The van der Waals surface area contributed by atoms with Gasteiger partial charge in [0.1, 0.15) is 5.75 Å². The van der Waals surface area contributed by atoms with Crippen molar-refractivity contribution in [2.24, 2.45) is 0 Å². The summed E-state index contributed by atoms with van der Waals surface area (Å²) >= 11 is 0. The summed E-state index contributed by atoms with van der Waals surface area (Å²) in [5.41, 5.74) is 2.52. The first kappa shape index (κ1) is 19.9. The maximum atomic E-state index is 12.9. The van der Waals surface area contributed by atoms with Crippen LogP contribution in [0.2, 0.25) is 0 Å². The van der Waals surface area contributed by atoms with E-state index in [9.17, 15) is 8.42 Å². The number of hydrogen-bond donors (Lipinski definition) is 0. The highest BCUT2D eigenvalue weighted by Crippen LogP contribution is 2.22. The molecule has 1 fully saturated rings. The fourth-order valence-electron chi connectivity index (χ4n) is 3.31. The normalized spacial score (nSPS) is 16.6. The number of nitrogens with zero attached hydrogens (tertiary/aromatic N) is 2. The zero-order valence-corrected chi connectivity index (χ0v) is 17.1. The summed E-state index contributed by atoms with van der Waals surface area (Å²) in [5, 5.41) is 0. The van der Waals surface area contributed by atoms with Gasteiger partial charge in [0.15, 0.2) is 0 Å². The molecule has 3 rings (SSSR count). The van der Waals surface area contributed by atoms with Gasteiger partial charge >= 0.3 is 0 Å². The second-order valence-corrected chi connectivity index (χ2v) is 9.25. The van der Waals surface area contributed by atoms with Crippen LogP contribution in [0.5, 0.6) is 5.75 Å². The van der Waals surface area contributed by atoms with Gasteiger partial charge in [-0.3, -0.25) is 4.90 Å². The zero-order valence-electron chi connectivity index (χ0n) is 16.3. The molecule has 1 heterocycles. The topological polar surface area (TPSA) is 49.9 Å². The van der Waals surface area contributed by atoms with Crippen LogP contribution in [-0.4, -0.2) is 49.9 Å². The smallest absolute Gasteiger partial charge is 0.243 e. The first-order valence-corrected chi connectivity index (χ1v) is 10.8. The SMILES string of the molecule is Cc1cccc(CN2CCN(S(=O)(=O)c3ccc(OC(C)C)cc3)CC2)c1. The van der Waals surface area contributed by atoms with E-state index in [1.165, 1.54) is 11.1 Å². The Balaban J connectivity index is 1.60. The highest BCUT2D eigenvalue weighted by molar-refractivity contribution is 7.89. The molecule has 0 radical (unpaired) electrons. The molecule has 0 saturated carbocycles. The maximum absolute atomic E-state index is 12.9. The van der Waals surface area contributed by atoms with E-state index in [0.29, 0.717) is 23.7 Å². The first-order chi connectivity index (χ1) is 12.8. The molecular weight excluding hydrogens is 360 g/mol. The molecule has 146 valence electrons. The molecule has 0 N–H and O–H groups in total. The minimum Gasteiger partial charge on any atom is -0.491 e. The van der Waals surface area contributed by atoms with Crippen molar-refractivity contribution in [1.82, 2.24) is 9.21 Å². The Morgan fingerprint density at radius 3 is 2.26 bits per heavy atom. The van der Waals surface area contributed by atoms with Gasteiger partial charge in [-0.25, -0.2) is 8.42 Å². The molecule has 0 atom stereocenters. The van der Waals surface area contributed by atoms with Crippen LogP contribution in [0.3, 0.4) is 0 Å². The number of ether oxygens (including phenoxy) is 1. The molecule has 0 bridgehead atoms. The molecule has 1 aliphatic heterocycles. The van der Waals surface area contributed by atoms with Crippen molar-refractivity contribution in [3.8, 4) is 5.75 Å². The van der Waals surface area contributed by atoms with Gasteiger partial charge in [0.05, 0.1) is 11.0 Å². The minimum absolute atomic E-state index is 0.0638. The van der Waals surface area contributed by atoms with Crippen molar-refractivity contribution < 1.29 is 13.2 Å². The lowest BCUT2D eigenvalue weighted by Crippen LogP contribution is -2.48. The second kappa shape index (κ2) is 8.42. The Hall–Kier alpha value is -1.89. The van der Waals surface area contributed by atoms with Crippen LogP contribution in [0, 0.1) is 6.92 Å². The van der Waals surface area contributed by atoms with Crippen molar-refractivity contribution in [3.63, 3.8) is 0 Å². The van der Waals surface area contributed by atoms with Gasteiger partial charge < -0.3 is 4.74 Å². The highest BCUT2D eigenvalue weighted by atomic mass is 32.2. The molecule has 6 heteroatoms. The average molecular weight is 389 g/mol. The number of aryl methyl sites for hydroxylation is 1. The third-order valence-electron chi connectivity index (χ3n) is 4.65. The van der Waals surface area contributed by atoms with Gasteiger partial charge in [-0.1, -0.05) is 29.8 Å². The minimum atomic E-state index is -3.46. The lowest BCUT2D eigenvalue weighted by atomic mass is 10.1. The Kier molecular flexibility index (Phi) is 6.19. The van der Waals surface area contributed by atoms with Crippen molar-refractivity contribution >= 4 is 10.0 Å². The monoisotopic (exact) mass is 388 g/mol. The summed E-state index contributed by atoms with van der Waals surface area (Å²) in [4.78, 5) is 2.63. The van der Waals surface area contributed by atoms with E-state index in [0.717, 1.165) is 19.6 Å². The van der Waals surface area contributed by atoms with Gasteiger partial charge in [0.2, 0.25) is 10.0 Å². The summed E-state index contributed by atoms with van der Waals surface area (Å²) in [7, 11) is -3.46. The fraction of sp³-hybridized carbons (Fsp3) is 0.429. The summed E-state index contributed by atoms with van der Waals surface area (Å²) in [5.74, 6) is 0.687. The summed E-state index contributed by atoms with van der Waals surface area (Å²) in [6.45, 7) is 9.34. The predicted molar refractivity (Wildman–Crippen MR) is 107 cm³/mol. The zero-order chi connectivity index (χ0) is 19.4. The molecule has 0 aromatic heterocycles. The molecule has 5 nitrogen and oxygen atoms in total. The first-order valence-electron chi connectivity index (χ1n) is 9.39. The van der Waals surface area contributed by atoms with Gasteiger partial charge in [-0.05, 0) is 50.6 Å². The Morgan fingerprint density at radius 1 is 1.00 bits per heavy atom. The molecule has 0 amide bonds. The van der Waals surface area contributed by atoms with Gasteiger partial charge in [-0.2, -0.15) is 4.31 Å². The quantitative estimate of drug-likeness (QED) is 0.762. The number of rotatable bonds is 6. The largest absolute Gasteiger partial charge is 0.491 e. The third kappa shape index (κ3) is 5.09. The molecule has 0 unspecified atom stereocenters. The van der Waals surface area contributed by atoms with E-state index >= 15 is 0 Å². The molecular formula is C21H28N2O3S. The van der Waals surface area contributed by atoms with E-state index in [1.54, 1.807) is 28.6 Å². The number of sulfonamides is 1. The van der Waals surface area contributed by atoms with Crippen molar-refractivity contribution in [3.05, 3.63) is 59.7 Å².